The Morgan fingerprint density at radius 2 is 2.13 bits per heavy atom. The van der Waals surface area contributed by atoms with Gasteiger partial charge in [-0.15, -0.1) is 0 Å². The minimum absolute atomic E-state index is 0.129. The number of amides is 1. The second-order valence-corrected chi connectivity index (χ2v) is 7.06. The molecule has 3 aromatic heterocycles. The lowest BCUT2D eigenvalue weighted by Gasteiger charge is -2.09. The van der Waals surface area contributed by atoms with Gasteiger partial charge in [0.15, 0.2) is 0 Å². The molecule has 7 nitrogen and oxygen atoms in total. The highest BCUT2D eigenvalue weighted by atomic mass is 16.1. The molecule has 1 amide bonds. The van der Waals surface area contributed by atoms with Crippen LogP contribution in [0.1, 0.15) is 39.3 Å². The van der Waals surface area contributed by atoms with Crippen molar-refractivity contribution in [2.45, 2.75) is 19.8 Å². The maximum absolute atomic E-state index is 12.7. The van der Waals surface area contributed by atoms with Gasteiger partial charge in [0.05, 0.1) is 17.4 Å². The molecule has 0 aliphatic carbocycles. The lowest BCUT2D eigenvalue weighted by molar-refractivity contribution is 0.0953. The number of nitrogens with zero attached hydrogens (tertiary/aromatic N) is 4. The summed E-state index contributed by atoms with van der Waals surface area (Å²) in [4.78, 5) is 17.1. The third-order valence-electron chi connectivity index (χ3n) is 4.71. The van der Waals surface area contributed by atoms with E-state index in [1.165, 1.54) is 0 Å². The molecule has 1 aromatic carbocycles. The van der Waals surface area contributed by atoms with E-state index in [9.17, 15) is 4.79 Å². The summed E-state index contributed by atoms with van der Waals surface area (Å²) in [6.07, 6.45) is 8.91. The van der Waals surface area contributed by atoms with Crippen molar-refractivity contribution in [1.29, 1.82) is 0 Å². The fourth-order valence-corrected chi connectivity index (χ4v) is 3.14. The fourth-order valence-electron chi connectivity index (χ4n) is 3.14. The predicted molar refractivity (Wildman–Crippen MR) is 118 cm³/mol. The highest BCUT2D eigenvalue weighted by molar-refractivity contribution is 5.95. The summed E-state index contributed by atoms with van der Waals surface area (Å²) >= 11 is 0. The quantitative estimate of drug-likeness (QED) is 0.378. The molecular weight excluding hydrogens is 388 g/mol. The van der Waals surface area contributed by atoms with Crippen molar-refractivity contribution in [3.63, 3.8) is 0 Å². The molecule has 0 spiro atoms. The third kappa shape index (κ3) is 5.25. The van der Waals surface area contributed by atoms with Crippen LogP contribution in [0.3, 0.4) is 0 Å². The molecule has 0 saturated carbocycles. The molecule has 0 aliphatic heterocycles. The van der Waals surface area contributed by atoms with Gasteiger partial charge in [0, 0.05) is 36.4 Å². The van der Waals surface area contributed by atoms with Crippen molar-refractivity contribution >= 4 is 5.91 Å². The van der Waals surface area contributed by atoms with Crippen molar-refractivity contribution in [3.8, 4) is 17.5 Å². The molecule has 4 rings (SSSR count). The van der Waals surface area contributed by atoms with E-state index in [4.69, 9.17) is 0 Å². The maximum Gasteiger partial charge on any atom is 0.251 e. The Bertz CT molecular complexity index is 1220. The molecular formula is C24H22N6O. The van der Waals surface area contributed by atoms with Crippen LogP contribution in [0.4, 0.5) is 0 Å². The SMILES string of the molecule is Cc1cccc(C#Cc2cc(C(=O)NCCCc3cn[nH]c3)ccc2-n2cccn2)n1. The molecule has 0 radical (unpaired) electrons. The second kappa shape index (κ2) is 9.55. The predicted octanol–water partition coefficient (Wildman–Crippen LogP) is 3.06. The molecule has 2 N–H and O–H groups in total. The number of carbonyl (C=O) groups excluding carboxylic acids is 1. The van der Waals surface area contributed by atoms with Gasteiger partial charge in [-0.2, -0.15) is 10.2 Å². The number of benzene rings is 1. The molecule has 0 fully saturated rings. The smallest absolute Gasteiger partial charge is 0.251 e. The number of pyridine rings is 1. The Hall–Kier alpha value is -4.18. The van der Waals surface area contributed by atoms with Gasteiger partial charge in [0.25, 0.3) is 5.91 Å². The summed E-state index contributed by atoms with van der Waals surface area (Å²) in [6.45, 7) is 2.51. The van der Waals surface area contributed by atoms with E-state index >= 15 is 0 Å². The minimum Gasteiger partial charge on any atom is -0.352 e. The first-order chi connectivity index (χ1) is 15.2. The maximum atomic E-state index is 12.7. The number of H-pyrrole nitrogens is 1. The number of hydrogen-bond acceptors (Lipinski definition) is 4. The van der Waals surface area contributed by atoms with Gasteiger partial charge in [0.1, 0.15) is 5.69 Å². The normalized spacial score (nSPS) is 10.4. The molecule has 0 bridgehead atoms. The van der Waals surface area contributed by atoms with E-state index in [-0.39, 0.29) is 5.91 Å². The topological polar surface area (TPSA) is 88.5 Å². The van der Waals surface area contributed by atoms with Gasteiger partial charge >= 0.3 is 0 Å². The molecule has 154 valence electrons. The van der Waals surface area contributed by atoms with E-state index in [1.807, 2.05) is 49.6 Å². The van der Waals surface area contributed by atoms with Crippen LogP contribution in [0.2, 0.25) is 0 Å². The first-order valence-corrected chi connectivity index (χ1v) is 10.0. The monoisotopic (exact) mass is 410 g/mol. The van der Waals surface area contributed by atoms with E-state index in [0.717, 1.165) is 29.8 Å². The average Bonchev–Trinajstić information content (AvgIpc) is 3.49. The van der Waals surface area contributed by atoms with Crippen molar-refractivity contribution in [2.24, 2.45) is 0 Å². The first kappa shape index (κ1) is 20.1. The summed E-state index contributed by atoms with van der Waals surface area (Å²) < 4.78 is 1.74. The van der Waals surface area contributed by atoms with Crippen LogP contribution in [0, 0.1) is 18.8 Å². The van der Waals surface area contributed by atoms with Crippen LogP contribution in [-0.4, -0.2) is 37.4 Å². The van der Waals surface area contributed by atoms with E-state index in [1.54, 1.807) is 29.2 Å². The number of nitrogens with one attached hydrogen (secondary N) is 2. The van der Waals surface area contributed by atoms with Crippen molar-refractivity contribution in [2.75, 3.05) is 6.54 Å². The number of rotatable bonds is 6. The molecule has 4 aromatic rings. The molecule has 0 atom stereocenters. The molecule has 0 unspecified atom stereocenters. The van der Waals surface area contributed by atoms with Gasteiger partial charge in [-0.25, -0.2) is 9.67 Å². The molecule has 7 heteroatoms. The van der Waals surface area contributed by atoms with Crippen molar-refractivity contribution < 1.29 is 4.79 Å². The van der Waals surface area contributed by atoms with Crippen molar-refractivity contribution in [1.82, 2.24) is 30.3 Å². The van der Waals surface area contributed by atoms with E-state index < -0.39 is 0 Å². The summed E-state index contributed by atoms with van der Waals surface area (Å²) in [5, 5.41) is 14.0. The zero-order chi connectivity index (χ0) is 21.5. The number of hydrogen-bond donors (Lipinski definition) is 2. The Morgan fingerprint density at radius 1 is 1.19 bits per heavy atom. The summed E-state index contributed by atoms with van der Waals surface area (Å²) in [5.74, 6) is 6.13. The molecule has 0 saturated heterocycles. The Balaban J connectivity index is 1.52. The lowest BCUT2D eigenvalue weighted by Crippen LogP contribution is -2.25. The summed E-state index contributed by atoms with van der Waals surface area (Å²) in [7, 11) is 0. The summed E-state index contributed by atoms with van der Waals surface area (Å²) in [5.41, 5.74) is 4.78. The summed E-state index contributed by atoms with van der Waals surface area (Å²) in [6, 6.07) is 13.0. The molecule has 31 heavy (non-hydrogen) atoms. The van der Waals surface area contributed by atoms with Crippen LogP contribution in [-0.2, 0) is 6.42 Å². The number of carbonyl (C=O) groups is 1. The Kier molecular flexibility index (Phi) is 6.19. The molecule has 3 heterocycles. The zero-order valence-electron chi connectivity index (χ0n) is 17.2. The van der Waals surface area contributed by atoms with Crippen LogP contribution >= 0.6 is 0 Å². The minimum atomic E-state index is -0.129. The van der Waals surface area contributed by atoms with Crippen LogP contribution in [0.15, 0.2) is 67.3 Å². The zero-order valence-corrected chi connectivity index (χ0v) is 17.2. The highest BCUT2D eigenvalue weighted by Crippen LogP contribution is 2.16. The molecule has 0 aliphatic rings. The van der Waals surface area contributed by atoms with Gasteiger partial charge in [-0.1, -0.05) is 12.0 Å². The lowest BCUT2D eigenvalue weighted by atomic mass is 10.1. The van der Waals surface area contributed by atoms with Gasteiger partial charge < -0.3 is 5.32 Å². The Morgan fingerprint density at radius 3 is 2.90 bits per heavy atom. The van der Waals surface area contributed by atoms with Crippen molar-refractivity contribution in [3.05, 3.63) is 95.3 Å². The van der Waals surface area contributed by atoms with E-state index in [0.29, 0.717) is 23.4 Å². The van der Waals surface area contributed by atoms with E-state index in [2.05, 4.69) is 37.4 Å². The van der Waals surface area contributed by atoms with Gasteiger partial charge in [0.2, 0.25) is 0 Å². The highest BCUT2D eigenvalue weighted by Gasteiger charge is 2.10. The largest absolute Gasteiger partial charge is 0.352 e. The number of aryl methyl sites for hydroxylation is 2. The number of aromatic nitrogens is 5. The first-order valence-electron chi connectivity index (χ1n) is 10.0. The average molecular weight is 410 g/mol. The fraction of sp³-hybridized carbons (Fsp3) is 0.167. The van der Waals surface area contributed by atoms with Gasteiger partial charge in [-0.3, -0.25) is 9.89 Å². The van der Waals surface area contributed by atoms with Crippen LogP contribution in [0.5, 0.6) is 0 Å². The van der Waals surface area contributed by atoms with Gasteiger partial charge in [-0.05, 0) is 67.6 Å². The van der Waals surface area contributed by atoms with Crippen LogP contribution in [0.25, 0.3) is 5.69 Å². The second-order valence-electron chi connectivity index (χ2n) is 7.06. The van der Waals surface area contributed by atoms with Crippen LogP contribution < -0.4 is 5.32 Å². The third-order valence-corrected chi connectivity index (χ3v) is 4.71. The Labute approximate surface area is 180 Å². The standard InChI is InChI=1S/C24H22N6O/c1-18-5-2-7-22(29-18)10-8-20-15-21(9-11-23(20)30-14-4-13-28-30)24(31)25-12-3-6-19-16-26-27-17-19/h2,4-5,7,9,11,13-17H,3,6,12H2,1H3,(H,25,31)(H,26,27). The number of aromatic amines is 1.